The summed E-state index contributed by atoms with van der Waals surface area (Å²) in [5, 5.41) is 0. The Kier molecular flexibility index (Phi) is 14.9. The van der Waals surface area contributed by atoms with Crippen molar-refractivity contribution in [3.8, 4) is 0 Å². The topological polar surface area (TPSA) is 58.5 Å². The largest absolute Gasteiger partial charge is 0.329 e. The van der Waals surface area contributed by atoms with Crippen LogP contribution in [0.4, 0.5) is 0 Å². The Bertz CT molecular complexity index is 92.1. The number of hydrogen-bond acceptors (Lipinski definition) is 4. The van der Waals surface area contributed by atoms with Crippen molar-refractivity contribution in [3.05, 3.63) is 0 Å². The molecule has 0 unspecified atom stereocenters. The maximum atomic E-state index is 5.34. The van der Waals surface area contributed by atoms with Gasteiger partial charge in [-0.05, 0) is 27.2 Å². The highest BCUT2D eigenvalue weighted by Crippen LogP contribution is 1.81. The van der Waals surface area contributed by atoms with Gasteiger partial charge in [-0.3, -0.25) is 0 Å². The lowest BCUT2D eigenvalue weighted by atomic mass is 10.5. The van der Waals surface area contributed by atoms with Crippen LogP contribution in [0.5, 0.6) is 0 Å². The molecule has 0 saturated carbocycles. The zero-order valence-corrected chi connectivity index (χ0v) is 10.3. The first-order valence-corrected chi connectivity index (χ1v) is 5.39. The van der Waals surface area contributed by atoms with E-state index in [-0.39, 0.29) is 0 Å². The van der Waals surface area contributed by atoms with Gasteiger partial charge in [-0.1, -0.05) is 13.8 Å². The molecule has 0 bridgehead atoms. The molecule has 0 amide bonds. The van der Waals surface area contributed by atoms with Gasteiger partial charge in [-0.2, -0.15) is 0 Å². The lowest BCUT2D eigenvalue weighted by molar-refractivity contribution is 0.312. The smallest absolute Gasteiger partial charge is 0.0104 e. The van der Waals surface area contributed by atoms with Crippen LogP contribution in [0, 0.1) is 0 Å². The second-order valence-corrected chi connectivity index (χ2v) is 3.41. The number of hydrogen-bond donors (Lipinski definition) is 2. The fourth-order valence-electron chi connectivity index (χ4n) is 0.981. The van der Waals surface area contributed by atoms with Crippen molar-refractivity contribution in [2.24, 2.45) is 11.5 Å². The van der Waals surface area contributed by atoms with E-state index in [9.17, 15) is 0 Å². The van der Waals surface area contributed by atoms with E-state index < -0.39 is 0 Å². The van der Waals surface area contributed by atoms with Crippen molar-refractivity contribution < 1.29 is 0 Å². The first-order chi connectivity index (χ1) is 6.62. The molecule has 0 aromatic carbocycles. The molecule has 0 rings (SSSR count). The minimum atomic E-state index is 0.757. The molecule has 0 aromatic rings. The summed E-state index contributed by atoms with van der Waals surface area (Å²) in [5.41, 5.74) is 10.5. The normalized spacial score (nSPS) is 10.3. The van der Waals surface area contributed by atoms with Gasteiger partial charge >= 0.3 is 0 Å². The Balaban J connectivity index is 0. The summed E-state index contributed by atoms with van der Waals surface area (Å²) in [7, 11) is 4.01. The van der Waals surface area contributed by atoms with Gasteiger partial charge in [0.15, 0.2) is 0 Å². The highest BCUT2D eigenvalue weighted by molar-refractivity contribution is 4.50. The van der Waals surface area contributed by atoms with E-state index in [1.807, 2.05) is 14.1 Å². The number of rotatable bonds is 6. The predicted octanol–water partition coefficient (Wildman–Crippen LogP) is -0.206. The Hall–Kier alpha value is -0.160. The summed E-state index contributed by atoms with van der Waals surface area (Å²) in [6.45, 7) is 10.1. The van der Waals surface area contributed by atoms with Crippen LogP contribution < -0.4 is 11.5 Å². The van der Waals surface area contributed by atoms with Crippen LogP contribution in [0.1, 0.15) is 13.8 Å². The summed E-state index contributed by atoms with van der Waals surface area (Å²) < 4.78 is 0. The SMILES string of the molecule is CCN(CC)CCN.CN(C)CCN. The third kappa shape index (κ3) is 14.4. The van der Waals surface area contributed by atoms with Gasteiger partial charge in [0.2, 0.25) is 0 Å². The van der Waals surface area contributed by atoms with E-state index >= 15 is 0 Å². The average Bonchev–Trinajstić information content (AvgIpc) is 2.15. The van der Waals surface area contributed by atoms with Gasteiger partial charge in [0.05, 0.1) is 0 Å². The van der Waals surface area contributed by atoms with Crippen LogP contribution in [-0.4, -0.2) is 63.2 Å². The predicted molar refractivity (Wildman–Crippen MR) is 64.5 cm³/mol. The quantitative estimate of drug-likeness (QED) is 0.629. The van der Waals surface area contributed by atoms with E-state index in [1.54, 1.807) is 0 Å². The van der Waals surface area contributed by atoms with Gasteiger partial charge in [-0.25, -0.2) is 0 Å². The molecule has 0 heterocycles. The number of likely N-dealkylation sites (N-methyl/N-ethyl adjacent to an activating group) is 2. The zero-order chi connectivity index (χ0) is 11.4. The molecule has 0 aromatic heterocycles. The van der Waals surface area contributed by atoms with E-state index in [1.165, 1.54) is 0 Å². The Morgan fingerprint density at radius 3 is 1.36 bits per heavy atom. The molecule has 4 N–H and O–H groups in total. The van der Waals surface area contributed by atoms with Crippen LogP contribution in [-0.2, 0) is 0 Å². The molecule has 0 aliphatic heterocycles. The minimum Gasteiger partial charge on any atom is -0.329 e. The first kappa shape index (κ1) is 16.3. The summed E-state index contributed by atoms with van der Waals surface area (Å²) >= 11 is 0. The molecule has 0 aliphatic carbocycles. The van der Waals surface area contributed by atoms with Gasteiger partial charge in [-0.15, -0.1) is 0 Å². The highest BCUT2D eigenvalue weighted by atomic mass is 15.1. The summed E-state index contributed by atoms with van der Waals surface area (Å²) in [4.78, 5) is 4.36. The highest BCUT2D eigenvalue weighted by Gasteiger charge is 1.92. The number of nitrogens with zero attached hydrogens (tertiary/aromatic N) is 2. The summed E-state index contributed by atoms with van der Waals surface area (Å²) in [5.74, 6) is 0. The maximum Gasteiger partial charge on any atom is 0.0104 e. The van der Waals surface area contributed by atoms with Crippen molar-refractivity contribution in [2.75, 3.05) is 53.4 Å². The third-order valence-electron chi connectivity index (χ3n) is 1.92. The van der Waals surface area contributed by atoms with Crippen molar-refractivity contribution in [3.63, 3.8) is 0 Å². The van der Waals surface area contributed by atoms with Gasteiger partial charge in [0, 0.05) is 26.2 Å². The fourth-order valence-corrected chi connectivity index (χ4v) is 0.981. The van der Waals surface area contributed by atoms with Crippen molar-refractivity contribution in [1.29, 1.82) is 0 Å². The molecule has 14 heavy (non-hydrogen) atoms. The lowest BCUT2D eigenvalue weighted by Gasteiger charge is -2.15. The molecular weight excluding hydrogens is 176 g/mol. The van der Waals surface area contributed by atoms with Crippen LogP contribution >= 0.6 is 0 Å². The Morgan fingerprint density at radius 1 is 0.857 bits per heavy atom. The minimum absolute atomic E-state index is 0.757. The average molecular weight is 204 g/mol. The summed E-state index contributed by atoms with van der Waals surface area (Å²) in [6, 6.07) is 0. The van der Waals surface area contributed by atoms with Gasteiger partial charge < -0.3 is 21.3 Å². The van der Waals surface area contributed by atoms with E-state index in [0.717, 1.165) is 39.3 Å². The van der Waals surface area contributed by atoms with Gasteiger partial charge in [0.25, 0.3) is 0 Å². The van der Waals surface area contributed by atoms with E-state index in [0.29, 0.717) is 0 Å². The van der Waals surface area contributed by atoms with Crippen LogP contribution in [0.15, 0.2) is 0 Å². The van der Waals surface area contributed by atoms with Crippen LogP contribution in [0.25, 0.3) is 0 Å². The fraction of sp³-hybridized carbons (Fsp3) is 1.00. The second kappa shape index (κ2) is 12.8. The molecular formula is C10H28N4. The molecule has 0 saturated heterocycles. The van der Waals surface area contributed by atoms with Crippen molar-refractivity contribution in [2.45, 2.75) is 13.8 Å². The molecule has 88 valence electrons. The zero-order valence-electron chi connectivity index (χ0n) is 10.3. The molecule has 4 heteroatoms. The summed E-state index contributed by atoms with van der Waals surface area (Å²) in [6.07, 6.45) is 0. The second-order valence-electron chi connectivity index (χ2n) is 3.41. The monoisotopic (exact) mass is 204 g/mol. The maximum absolute atomic E-state index is 5.34. The molecule has 0 atom stereocenters. The molecule has 0 aliphatic rings. The van der Waals surface area contributed by atoms with Crippen LogP contribution in [0.3, 0.4) is 0 Å². The molecule has 0 fully saturated rings. The Labute approximate surface area is 89.2 Å². The first-order valence-electron chi connectivity index (χ1n) is 5.39. The lowest BCUT2D eigenvalue weighted by Crippen LogP contribution is -2.28. The number of nitrogens with two attached hydrogens (primary N) is 2. The molecule has 0 radical (unpaired) electrons. The molecule has 4 nitrogen and oxygen atoms in total. The van der Waals surface area contributed by atoms with Gasteiger partial charge in [0.1, 0.15) is 0 Å². The van der Waals surface area contributed by atoms with Crippen molar-refractivity contribution >= 4 is 0 Å². The van der Waals surface area contributed by atoms with E-state index in [4.69, 9.17) is 11.5 Å². The third-order valence-corrected chi connectivity index (χ3v) is 1.92. The standard InChI is InChI=1S/C6H16N2.C4H12N2/c1-3-8(4-2)6-5-7;1-6(2)4-3-5/h3-7H2,1-2H3;3-5H2,1-2H3. The Morgan fingerprint density at radius 2 is 1.29 bits per heavy atom. The van der Waals surface area contributed by atoms with Crippen molar-refractivity contribution in [1.82, 2.24) is 9.80 Å². The van der Waals surface area contributed by atoms with Crippen LogP contribution in [0.2, 0.25) is 0 Å². The molecule has 0 spiro atoms. The van der Waals surface area contributed by atoms with E-state index in [2.05, 4.69) is 23.6 Å².